The minimum absolute atomic E-state index is 0.467. The largest absolute Gasteiger partial charge is 0.328 e. The van der Waals surface area contributed by atoms with E-state index in [4.69, 9.17) is 5.73 Å². The van der Waals surface area contributed by atoms with E-state index in [-0.39, 0.29) is 0 Å². The molecule has 1 rings (SSSR count). The minimum Gasteiger partial charge on any atom is -0.328 e. The molecule has 1 heteroatoms. The Bertz CT molecular complexity index is 149. The molecule has 0 amide bonds. The third kappa shape index (κ3) is 5.55. The topological polar surface area (TPSA) is 26.0 Å². The van der Waals surface area contributed by atoms with Crippen molar-refractivity contribution < 1.29 is 0 Å². The van der Waals surface area contributed by atoms with Gasteiger partial charge in [0, 0.05) is 6.04 Å². The van der Waals surface area contributed by atoms with Crippen LogP contribution in [0.1, 0.15) is 71.6 Å². The Labute approximate surface area is 95.8 Å². The summed E-state index contributed by atoms with van der Waals surface area (Å²) < 4.78 is 0. The first-order chi connectivity index (χ1) is 7.22. The Morgan fingerprint density at radius 1 is 1.20 bits per heavy atom. The van der Waals surface area contributed by atoms with Gasteiger partial charge in [-0.05, 0) is 24.7 Å². The summed E-state index contributed by atoms with van der Waals surface area (Å²) in [7, 11) is 0. The summed E-state index contributed by atoms with van der Waals surface area (Å²) in [6, 6.07) is 0.467. The van der Waals surface area contributed by atoms with Crippen molar-refractivity contribution in [3.05, 3.63) is 0 Å². The Morgan fingerprint density at radius 3 is 2.47 bits per heavy atom. The first-order valence-corrected chi connectivity index (χ1v) is 6.98. The second kappa shape index (κ2) is 7.27. The molecule has 2 unspecified atom stereocenters. The van der Waals surface area contributed by atoms with E-state index in [1.807, 2.05) is 0 Å². The molecule has 1 saturated carbocycles. The summed E-state index contributed by atoms with van der Waals surface area (Å²) in [5, 5.41) is 0. The molecule has 2 N–H and O–H groups in total. The molecule has 0 heterocycles. The maximum atomic E-state index is 6.24. The average molecular weight is 211 g/mol. The van der Waals surface area contributed by atoms with E-state index in [0.717, 1.165) is 11.8 Å². The van der Waals surface area contributed by atoms with Crippen molar-refractivity contribution in [1.29, 1.82) is 0 Å². The van der Waals surface area contributed by atoms with Crippen molar-refractivity contribution in [1.82, 2.24) is 0 Å². The third-order valence-corrected chi connectivity index (χ3v) is 3.85. The van der Waals surface area contributed by atoms with Gasteiger partial charge < -0.3 is 5.73 Å². The third-order valence-electron chi connectivity index (χ3n) is 3.85. The summed E-state index contributed by atoms with van der Waals surface area (Å²) in [6.07, 6.45) is 12.4. The van der Waals surface area contributed by atoms with Crippen LogP contribution in [0.4, 0.5) is 0 Å². The molecule has 2 atom stereocenters. The molecule has 1 aliphatic rings. The zero-order chi connectivity index (χ0) is 11.1. The Hall–Kier alpha value is -0.0400. The van der Waals surface area contributed by atoms with Crippen molar-refractivity contribution in [2.45, 2.75) is 77.7 Å². The van der Waals surface area contributed by atoms with Crippen LogP contribution in [0, 0.1) is 11.8 Å². The van der Waals surface area contributed by atoms with Gasteiger partial charge in [-0.3, -0.25) is 0 Å². The maximum absolute atomic E-state index is 6.24. The second-order valence-electron chi connectivity index (χ2n) is 5.63. The SMILES string of the molecule is CCCC(C)CC(N)CC1CCCCC1. The van der Waals surface area contributed by atoms with E-state index in [0.29, 0.717) is 6.04 Å². The quantitative estimate of drug-likeness (QED) is 0.703. The van der Waals surface area contributed by atoms with E-state index in [1.54, 1.807) is 0 Å². The first-order valence-electron chi connectivity index (χ1n) is 6.98. The zero-order valence-corrected chi connectivity index (χ0v) is 10.7. The highest BCUT2D eigenvalue weighted by molar-refractivity contribution is 4.73. The van der Waals surface area contributed by atoms with Gasteiger partial charge in [-0.15, -0.1) is 0 Å². The molecule has 90 valence electrons. The molecule has 0 aliphatic heterocycles. The predicted molar refractivity (Wildman–Crippen MR) is 67.9 cm³/mol. The molecule has 0 aromatic heterocycles. The van der Waals surface area contributed by atoms with Crippen LogP contribution in [-0.4, -0.2) is 6.04 Å². The Morgan fingerprint density at radius 2 is 1.87 bits per heavy atom. The number of rotatable bonds is 6. The van der Waals surface area contributed by atoms with Gasteiger partial charge in [-0.25, -0.2) is 0 Å². The first kappa shape index (κ1) is 13.0. The highest BCUT2D eigenvalue weighted by Gasteiger charge is 2.17. The van der Waals surface area contributed by atoms with Gasteiger partial charge in [0.25, 0.3) is 0 Å². The highest BCUT2D eigenvalue weighted by Crippen LogP contribution is 2.28. The van der Waals surface area contributed by atoms with Gasteiger partial charge in [0.2, 0.25) is 0 Å². The van der Waals surface area contributed by atoms with Gasteiger partial charge in [0.05, 0.1) is 0 Å². The monoisotopic (exact) mass is 211 g/mol. The van der Waals surface area contributed by atoms with E-state index in [1.165, 1.54) is 57.8 Å². The fourth-order valence-electron chi connectivity index (χ4n) is 3.07. The van der Waals surface area contributed by atoms with Crippen molar-refractivity contribution in [2.24, 2.45) is 17.6 Å². The van der Waals surface area contributed by atoms with Crippen LogP contribution in [0.3, 0.4) is 0 Å². The lowest BCUT2D eigenvalue weighted by atomic mass is 9.83. The summed E-state index contributed by atoms with van der Waals surface area (Å²) in [5.41, 5.74) is 6.24. The van der Waals surface area contributed by atoms with Gasteiger partial charge in [0.15, 0.2) is 0 Å². The van der Waals surface area contributed by atoms with Crippen LogP contribution in [0.5, 0.6) is 0 Å². The molecule has 0 aromatic rings. The smallest absolute Gasteiger partial charge is 0.00440 e. The molecule has 1 nitrogen and oxygen atoms in total. The molecule has 0 spiro atoms. The zero-order valence-electron chi connectivity index (χ0n) is 10.7. The maximum Gasteiger partial charge on any atom is 0.00440 e. The molecule has 1 aliphatic carbocycles. The van der Waals surface area contributed by atoms with Gasteiger partial charge in [0.1, 0.15) is 0 Å². The van der Waals surface area contributed by atoms with Crippen molar-refractivity contribution >= 4 is 0 Å². The summed E-state index contributed by atoms with van der Waals surface area (Å²) in [4.78, 5) is 0. The lowest BCUT2D eigenvalue weighted by Crippen LogP contribution is -2.26. The second-order valence-corrected chi connectivity index (χ2v) is 5.63. The fourth-order valence-corrected chi connectivity index (χ4v) is 3.07. The van der Waals surface area contributed by atoms with Crippen LogP contribution in [0.2, 0.25) is 0 Å². The van der Waals surface area contributed by atoms with Gasteiger partial charge >= 0.3 is 0 Å². The van der Waals surface area contributed by atoms with Crippen LogP contribution in [0.15, 0.2) is 0 Å². The van der Waals surface area contributed by atoms with Crippen molar-refractivity contribution in [3.63, 3.8) is 0 Å². The van der Waals surface area contributed by atoms with E-state index < -0.39 is 0 Å². The lowest BCUT2D eigenvalue weighted by molar-refractivity contribution is 0.296. The number of hydrogen-bond acceptors (Lipinski definition) is 1. The molecule has 0 radical (unpaired) electrons. The lowest BCUT2D eigenvalue weighted by Gasteiger charge is -2.25. The normalized spacial score (nSPS) is 22.6. The standard InChI is InChI=1S/C14H29N/c1-3-7-12(2)10-14(15)11-13-8-5-4-6-9-13/h12-14H,3-11,15H2,1-2H3. The van der Waals surface area contributed by atoms with E-state index >= 15 is 0 Å². The van der Waals surface area contributed by atoms with Crippen LogP contribution in [0.25, 0.3) is 0 Å². The Balaban J connectivity index is 2.13. The molecule has 0 aromatic carbocycles. The molecule has 1 fully saturated rings. The molecular weight excluding hydrogens is 182 g/mol. The van der Waals surface area contributed by atoms with Crippen LogP contribution < -0.4 is 5.73 Å². The van der Waals surface area contributed by atoms with Gasteiger partial charge in [-0.2, -0.15) is 0 Å². The summed E-state index contributed by atoms with van der Waals surface area (Å²) >= 11 is 0. The van der Waals surface area contributed by atoms with E-state index in [2.05, 4.69) is 13.8 Å². The summed E-state index contributed by atoms with van der Waals surface area (Å²) in [5.74, 6) is 1.77. The molecule has 15 heavy (non-hydrogen) atoms. The Kier molecular flexibility index (Phi) is 6.31. The highest BCUT2D eigenvalue weighted by atomic mass is 14.6. The van der Waals surface area contributed by atoms with E-state index in [9.17, 15) is 0 Å². The fraction of sp³-hybridized carbons (Fsp3) is 1.00. The number of nitrogens with two attached hydrogens (primary N) is 1. The average Bonchev–Trinajstić information content (AvgIpc) is 2.19. The predicted octanol–water partition coefficient (Wildman–Crippen LogP) is 4.11. The van der Waals surface area contributed by atoms with Crippen LogP contribution in [-0.2, 0) is 0 Å². The van der Waals surface area contributed by atoms with Crippen molar-refractivity contribution in [3.8, 4) is 0 Å². The molecule has 0 saturated heterocycles. The van der Waals surface area contributed by atoms with Crippen LogP contribution >= 0.6 is 0 Å². The summed E-state index contributed by atoms with van der Waals surface area (Å²) in [6.45, 7) is 4.62. The molecule has 0 bridgehead atoms. The minimum atomic E-state index is 0.467. The molecular formula is C14H29N. The number of hydrogen-bond donors (Lipinski definition) is 1. The van der Waals surface area contributed by atoms with Crippen molar-refractivity contribution in [2.75, 3.05) is 0 Å². The van der Waals surface area contributed by atoms with Gasteiger partial charge in [-0.1, -0.05) is 58.8 Å².